The lowest BCUT2D eigenvalue weighted by atomic mass is 10.0. The molecule has 5 nitrogen and oxygen atoms in total. The van der Waals surface area contributed by atoms with E-state index in [1.54, 1.807) is 6.07 Å². The number of rotatable bonds is 4. The van der Waals surface area contributed by atoms with E-state index >= 15 is 0 Å². The molecule has 0 saturated heterocycles. The SMILES string of the molecule is N[C@@H](Cc1ccc(O)c(O)c1)C(=O)NC1CC=CCC1. The second kappa shape index (κ2) is 6.43. The number of carbonyl (C=O) groups excluding carboxylic acids is 1. The number of hydrogen-bond donors (Lipinski definition) is 4. The van der Waals surface area contributed by atoms with E-state index in [1.165, 1.54) is 12.1 Å². The van der Waals surface area contributed by atoms with Crippen molar-refractivity contribution in [3.63, 3.8) is 0 Å². The van der Waals surface area contributed by atoms with Gasteiger partial charge in [0.05, 0.1) is 6.04 Å². The fourth-order valence-corrected chi connectivity index (χ4v) is 2.28. The fraction of sp³-hybridized carbons (Fsp3) is 0.400. The fourth-order valence-electron chi connectivity index (χ4n) is 2.28. The predicted octanol–water partition coefficient (Wildman–Crippen LogP) is 1.19. The molecule has 108 valence electrons. The number of nitrogens with one attached hydrogen (secondary N) is 1. The van der Waals surface area contributed by atoms with E-state index in [1.807, 2.05) is 0 Å². The third-order valence-electron chi connectivity index (χ3n) is 3.45. The Morgan fingerprint density at radius 3 is 2.80 bits per heavy atom. The zero-order valence-corrected chi connectivity index (χ0v) is 11.2. The Kier molecular flexibility index (Phi) is 4.63. The van der Waals surface area contributed by atoms with Crippen molar-refractivity contribution >= 4 is 5.91 Å². The predicted molar refractivity (Wildman–Crippen MR) is 76.4 cm³/mol. The van der Waals surface area contributed by atoms with Gasteiger partial charge in [0.15, 0.2) is 11.5 Å². The van der Waals surface area contributed by atoms with E-state index in [2.05, 4.69) is 17.5 Å². The maximum atomic E-state index is 12.0. The Bertz CT molecular complexity index is 514. The molecule has 0 radical (unpaired) electrons. The minimum atomic E-state index is -0.662. The molecule has 0 fully saturated rings. The maximum Gasteiger partial charge on any atom is 0.237 e. The van der Waals surface area contributed by atoms with E-state index < -0.39 is 6.04 Å². The van der Waals surface area contributed by atoms with Crippen molar-refractivity contribution in [1.29, 1.82) is 0 Å². The van der Waals surface area contributed by atoms with Crippen LogP contribution in [0.25, 0.3) is 0 Å². The highest BCUT2D eigenvalue weighted by Crippen LogP contribution is 2.25. The van der Waals surface area contributed by atoms with Gasteiger partial charge in [-0.2, -0.15) is 0 Å². The van der Waals surface area contributed by atoms with Crippen molar-refractivity contribution in [1.82, 2.24) is 5.32 Å². The van der Waals surface area contributed by atoms with Crippen LogP contribution in [0.15, 0.2) is 30.4 Å². The molecule has 5 N–H and O–H groups in total. The Hall–Kier alpha value is -2.01. The minimum absolute atomic E-state index is 0.159. The Balaban J connectivity index is 1.89. The van der Waals surface area contributed by atoms with Gasteiger partial charge >= 0.3 is 0 Å². The topological polar surface area (TPSA) is 95.6 Å². The van der Waals surface area contributed by atoms with Gasteiger partial charge in [-0.05, 0) is 43.4 Å². The zero-order chi connectivity index (χ0) is 14.5. The van der Waals surface area contributed by atoms with Crippen LogP contribution >= 0.6 is 0 Å². The van der Waals surface area contributed by atoms with Crippen molar-refractivity contribution in [3.8, 4) is 11.5 Å². The van der Waals surface area contributed by atoms with Gasteiger partial charge in [-0.1, -0.05) is 18.2 Å². The third-order valence-corrected chi connectivity index (χ3v) is 3.45. The minimum Gasteiger partial charge on any atom is -0.504 e. The van der Waals surface area contributed by atoms with Gasteiger partial charge in [-0.25, -0.2) is 0 Å². The molecule has 0 heterocycles. The summed E-state index contributed by atoms with van der Waals surface area (Å²) >= 11 is 0. The van der Waals surface area contributed by atoms with Crippen LogP contribution in [0.2, 0.25) is 0 Å². The molecule has 2 rings (SSSR count). The largest absolute Gasteiger partial charge is 0.504 e. The summed E-state index contributed by atoms with van der Waals surface area (Å²) in [6.45, 7) is 0. The number of allylic oxidation sites excluding steroid dienone is 1. The first-order valence-electron chi connectivity index (χ1n) is 6.78. The quantitative estimate of drug-likeness (QED) is 0.491. The van der Waals surface area contributed by atoms with Crippen LogP contribution in [0.3, 0.4) is 0 Å². The smallest absolute Gasteiger partial charge is 0.237 e. The maximum absolute atomic E-state index is 12.0. The van der Waals surface area contributed by atoms with E-state index in [0.717, 1.165) is 19.3 Å². The number of phenols is 2. The molecule has 1 unspecified atom stereocenters. The molecule has 0 aliphatic heterocycles. The third kappa shape index (κ3) is 3.74. The summed E-state index contributed by atoms with van der Waals surface area (Å²) in [6, 6.07) is 3.95. The summed E-state index contributed by atoms with van der Waals surface area (Å²) in [5.74, 6) is -0.564. The molecular weight excluding hydrogens is 256 g/mol. The van der Waals surface area contributed by atoms with Crippen LogP contribution in [0.5, 0.6) is 11.5 Å². The molecule has 0 spiro atoms. The van der Waals surface area contributed by atoms with Gasteiger partial charge in [-0.3, -0.25) is 4.79 Å². The van der Waals surface area contributed by atoms with Crippen molar-refractivity contribution < 1.29 is 15.0 Å². The van der Waals surface area contributed by atoms with Gasteiger partial charge < -0.3 is 21.3 Å². The molecule has 0 aromatic heterocycles. The normalized spacial score (nSPS) is 19.6. The summed E-state index contributed by atoms with van der Waals surface area (Å²) in [6.07, 6.45) is 7.27. The van der Waals surface area contributed by atoms with Crippen LogP contribution < -0.4 is 11.1 Å². The lowest BCUT2D eigenvalue weighted by Gasteiger charge is -2.21. The lowest BCUT2D eigenvalue weighted by Crippen LogP contribution is -2.46. The summed E-state index contributed by atoms with van der Waals surface area (Å²) < 4.78 is 0. The van der Waals surface area contributed by atoms with Crippen LogP contribution in [0.1, 0.15) is 24.8 Å². The molecule has 1 amide bonds. The van der Waals surface area contributed by atoms with Crippen molar-refractivity contribution in [2.45, 2.75) is 37.8 Å². The second-order valence-corrected chi connectivity index (χ2v) is 5.12. The summed E-state index contributed by atoms with van der Waals surface area (Å²) in [4.78, 5) is 12.0. The summed E-state index contributed by atoms with van der Waals surface area (Å²) in [5.41, 5.74) is 6.59. The number of nitrogens with two attached hydrogens (primary N) is 1. The van der Waals surface area contributed by atoms with Gasteiger partial charge in [0.1, 0.15) is 0 Å². The van der Waals surface area contributed by atoms with Gasteiger partial charge in [0, 0.05) is 6.04 Å². The first kappa shape index (κ1) is 14.4. The molecule has 5 heteroatoms. The molecule has 0 saturated carbocycles. The highest BCUT2D eigenvalue weighted by atomic mass is 16.3. The van der Waals surface area contributed by atoms with Crippen LogP contribution in [-0.2, 0) is 11.2 Å². The number of benzene rings is 1. The number of aromatic hydroxyl groups is 2. The Morgan fingerprint density at radius 2 is 2.15 bits per heavy atom. The molecule has 1 aliphatic rings. The van der Waals surface area contributed by atoms with Crippen molar-refractivity contribution in [2.75, 3.05) is 0 Å². The standard InChI is InChI=1S/C15H20N2O3/c16-12(8-10-6-7-13(18)14(19)9-10)15(20)17-11-4-2-1-3-5-11/h1-2,6-7,9,11-12,18-19H,3-5,8,16H2,(H,17,20)/t11?,12-/m0/s1. The summed E-state index contributed by atoms with van der Waals surface area (Å²) in [5, 5.41) is 21.6. The summed E-state index contributed by atoms with van der Waals surface area (Å²) in [7, 11) is 0. The zero-order valence-electron chi connectivity index (χ0n) is 11.2. The van der Waals surface area contributed by atoms with Gasteiger partial charge in [0.25, 0.3) is 0 Å². The van der Waals surface area contributed by atoms with Gasteiger partial charge in [-0.15, -0.1) is 0 Å². The number of amides is 1. The van der Waals surface area contributed by atoms with Crippen LogP contribution in [0.4, 0.5) is 0 Å². The Morgan fingerprint density at radius 1 is 1.35 bits per heavy atom. The number of carbonyl (C=O) groups is 1. The average molecular weight is 276 g/mol. The molecule has 1 aromatic carbocycles. The van der Waals surface area contributed by atoms with Gasteiger partial charge in [0.2, 0.25) is 5.91 Å². The molecule has 1 aromatic rings. The average Bonchev–Trinajstić information content (AvgIpc) is 2.44. The monoisotopic (exact) mass is 276 g/mol. The van der Waals surface area contributed by atoms with E-state index in [0.29, 0.717) is 12.0 Å². The van der Waals surface area contributed by atoms with E-state index in [4.69, 9.17) is 5.73 Å². The first-order chi connectivity index (χ1) is 9.56. The lowest BCUT2D eigenvalue weighted by molar-refractivity contribution is -0.123. The molecule has 2 atom stereocenters. The Labute approximate surface area is 118 Å². The molecular formula is C15H20N2O3. The first-order valence-corrected chi connectivity index (χ1v) is 6.78. The van der Waals surface area contributed by atoms with E-state index in [9.17, 15) is 15.0 Å². The number of phenolic OH excluding ortho intramolecular Hbond substituents is 2. The van der Waals surface area contributed by atoms with E-state index in [-0.39, 0.29) is 23.4 Å². The van der Waals surface area contributed by atoms with Crippen molar-refractivity contribution in [3.05, 3.63) is 35.9 Å². The molecule has 20 heavy (non-hydrogen) atoms. The molecule has 1 aliphatic carbocycles. The van der Waals surface area contributed by atoms with Crippen LogP contribution in [0, 0.1) is 0 Å². The highest BCUT2D eigenvalue weighted by molar-refractivity contribution is 5.82. The molecule has 0 bridgehead atoms. The number of hydrogen-bond acceptors (Lipinski definition) is 4. The van der Waals surface area contributed by atoms with Crippen LogP contribution in [-0.4, -0.2) is 28.2 Å². The highest BCUT2D eigenvalue weighted by Gasteiger charge is 2.19. The van der Waals surface area contributed by atoms with Crippen molar-refractivity contribution in [2.24, 2.45) is 5.73 Å². The second-order valence-electron chi connectivity index (χ2n) is 5.12.